The van der Waals surface area contributed by atoms with Crippen LogP contribution in [0.15, 0.2) is 24.7 Å². The summed E-state index contributed by atoms with van der Waals surface area (Å²) in [5.74, 6) is 1.32. The Morgan fingerprint density at radius 2 is 2.29 bits per heavy atom. The molecule has 0 saturated carbocycles. The number of hydrogen-bond donors (Lipinski definition) is 1. The average molecular weight is 284 g/mol. The van der Waals surface area contributed by atoms with E-state index in [4.69, 9.17) is 0 Å². The zero-order valence-corrected chi connectivity index (χ0v) is 12.9. The summed E-state index contributed by atoms with van der Waals surface area (Å²) in [6, 6.07) is 2.12. The topological polar surface area (TPSA) is 40.2 Å². The summed E-state index contributed by atoms with van der Waals surface area (Å²) in [5, 5.41) is 0. The van der Waals surface area contributed by atoms with Crippen molar-refractivity contribution in [3.8, 4) is 0 Å². The fraction of sp³-hybridized carbons (Fsp3) is 0.500. The number of likely N-dealkylation sites (N-methyl/N-ethyl adjacent to an activating group) is 1. The second-order valence-corrected chi connectivity index (χ2v) is 6.32. The monoisotopic (exact) mass is 284 g/mol. The fourth-order valence-corrected chi connectivity index (χ4v) is 3.88. The zero-order valence-electron chi connectivity index (χ0n) is 12.9. The van der Waals surface area contributed by atoms with E-state index in [9.17, 15) is 0 Å². The predicted octanol–water partition coefficient (Wildman–Crippen LogP) is 1.70. The van der Waals surface area contributed by atoms with Crippen LogP contribution in [0.25, 0.3) is 16.8 Å². The zero-order chi connectivity index (χ0) is 14.6. The second-order valence-electron chi connectivity index (χ2n) is 6.32. The van der Waals surface area contributed by atoms with E-state index in [1.54, 1.807) is 0 Å². The van der Waals surface area contributed by atoms with Crippen LogP contribution in [0, 0.1) is 5.92 Å². The summed E-state index contributed by atoms with van der Waals surface area (Å²) in [6.07, 6.45) is 7.45. The smallest absolute Gasteiger partial charge is 0.305 e. The molecular weight excluding hydrogens is 262 g/mol. The first-order valence-electron chi connectivity index (χ1n) is 7.70. The molecule has 4 heterocycles. The molecule has 1 unspecified atom stereocenters. The van der Waals surface area contributed by atoms with Crippen LogP contribution < -0.4 is 4.57 Å². The molecule has 0 radical (unpaired) electrons. The average Bonchev–Trinajstić information content (AvgIpc) is 3.15. The van der Waals surface area contributed by atoms with Crippen molar-refractivity contribution in [2.45, 2.75) is 19.3 Å². The highest BCUT2D eigenvalue weighted by Crippen LogP contribution is 2.34. The van der Waals surface area contributed by atoms with E-state index in [0.29, 0.717) is 5.92 Å². The molecule has 4 rings (SSSR count). The van der Waals surface area contributed by atoms with Crippen LogP contribution in [-0.4, -0.2) is 39.4 Å². The number of nitrogens with one attached hydrogen (secondary N) is 1. The molecular formula is C16H22N5+. The van der Waals surface area contributed by atoms with Crippen LogP contribution >= 0.6 is 0 Å². The lowest BCUT2D eigenvalue weighted by Crippen LogP contribution is -2.25. The number of imidazole rings is 1. The molecule has 110 valence electrons. The van der Waals surface area contributed by atoms with Gasteiger partial charge in [0.05, 0.1) is 7.05 Å². The molecule has 2 atom stereocenters. The molecule has 3 aromatic heterocycles. The largest absolute Gasteiger partial charge is 0.343 e. The summed E-state index contributed by atoms with van der Waals surface area (Å²) >= 11 is 0. The van der Waals surface area contributed by atoms with Crippen molar-refractivity contribution in [2.24, 2.45) is 13.0 Å². The molecule has 0 aromatic carbocycles. The molecule has 0 bridgehead atoms. The Kier molecular flexibility index (Phi) is 2.79. The van der Waals surface area contributed by atoms with E-state index < -0.39 is 0 Å². The standard InChI is InChI=1S/C16H21N5/c1-4-11-8-19(2)9-12(11)14-10-20(3)15-7-18-16-13(21(14)15)5-6-17-16/h5-7,10-12H,4,8-9H2,1-3H3/p+1/t11-,12?/m1/s1. The number of aromatic amines is 1. The first kappa shape index (κ1) is 12.8. The van der Waals surface area contributed by atoms with Crippen molar-refractivity contribution in [1.29, 1.82) is 0 Å². The van der Waals surface area contributed by atoms with E-state index in [2.05, 4.69) is 57.1 Å². The van der Waals surface area contributed by atoms with Gasteiger partial charge in [-0.15, -0.1) is 0 Å². The van der Waals surface area contributed by atoms with Crippen molar-refractivity contribution in [2.75, 3.05) is 20.1 Å². The molecule has 0 amide bonds. The minimum absolute atomic E-state index is 0.592. The maximum Gasteiger partial charge on any atom is 0.305 e. The highest BCUT2D eigenvalue weighted by Gasteiger charge is 2.36. The maximum absolute atomic E-state index is 4.52. The number of fused-ring (bicyclic) bond motifs is 3. The number of likely N-dealkylation sites (tertiary alicyclic amines) is 1. The van der Waals surface area contributed by atoms with Gasteiger partial charge in [-0.1, -0.05) is 13.3 Å². The van der Waals surface area contributed by atoms with Crippen molar-refractivity contribution < 1.29 is 4.57 Å². The Morgan fingerprint density at radius 3 is 3.10 bits per heavy atom. The van der Waals surface area contributed by atoms with Gasteiger partial charge in [-0.3, -0.25) is 0 Å². The molecule has 1 saturated heterocycles. The molecule has 1 fully saturated rings. The van der Waals surface area contributed by atoms with E-state index >= 15 is 0 Å². The van der Waals surface area contributed by atoms with Gasteiger partial charge in [0.15, 0.2) is 16.9 Å². The van der Waals surface area contributed by atoms with Crippen LogP contribution in [0.2, 0.25) is 0 Å². The number of aromatic nitrogens is 4. The Hall–Kier alpha value is -1.88. The SMILES string of the molecule is CC[C@@H]1CN(C)CC1c1c[n+](C)c2cnc3[nH]ccc3n12. The van der Waals surface area contributed by atoms with Gasteiger partial charge >= 0.3 is 5.65 Å². The van der Waals surface area contributed by atoms with Gasteiger partial charge < -0.3 is 9.88 Å². The van der Waals surface area contributed by atoms with Crippen molar-refractivity contribution in [1.82, 2.24) is 19.3 Å². The number of hydrogen-bond acceptors (Lipinski definition) is 2. The Labute approximate surface area is 124 Å². The lowest BCUT2D eigenvalue weighted by molar-refractivity contribution is -0.644. The highest BCUT2D eigenvalue weighted by atomic mass is 15.2. The quantitative estimate of drug-likeness (QED) is 0.728. The number of H-pyrrole nitrogens is 1. The van der Waals surface area contributed by atoms with Crippen LogP contribution in [0.3, 0.4) is 0 Å². The number of rotatable bonds is 2. The lowest BCUT2D eigenvalue weighted by Gasteiger charge is -2.13. The summed E-state index contributed by atoms with van der Waals surface area (Å²) < 4.78 is 4.57. The van der Waals surface area contributed by atoms with Gasteiger partial charge in [0.1, 0.15) is 12.4 Å². The van der Waals surface area contributed by atoms with Crippen molar-refractivity contribution >= 4 is 16.8 Å². The van der Waals surface area contributed by atoms with Gasteiger partial charge in [-0.05, 0) is 13.0 Å². The van der Waals surface area contributed by atoms with E-state index in [1.807, 2.05) is 12.4 Å². The number of nitrogens with zero attached hydrogens (tertiary/aromatic N) is 4. The Bertz CT molecular complexity index is 800. The van der Waals surface area contributed by atoms with Gasteiger partial charge in [-0.2, -0.15) is 4.40 Å². The van der Waals surface area contributed by atoms with Gasteiger partial charge in [0, 0.05) is 31.3 Å². The van der Waals surface area contributed by atoms with Gasteiger partial charge in [-0.25, -0.2) is 9.55 Å². The summed E-state index contributed by atoms with van der Waals surface area (Å²) in [6.45, 7) is 4.64. The van der Waals surface area contributed by atoms with Gasteiger partial charge in [0.2, 0.25) is 0 Å². The van der Waals surface area contributed by atoms with E-state index in [0.717, 1.165) is 23.8 Å². The van der Waals surface area contributed by atoms with Crippen LogP contribution in [0.1, 0.15) is 25.0 Å². The summed E-state index contributed by atoms with van der Waals surface area (Å²) in [5.41, 5.74) is 4.70. The Balaban J connectivity index is 1.98. The van der Waals surface area contributed by atoms with E-state index in [1.165, 1.54) is 24.2 Å². The minimum atomic E-state index is 0.592. The van der Waals surface area contributed by atoms with E-state index in [-0.39, 0.29) is 0 Å². The third-order valence-corrected chi connectivity index (χ3v) is 4.96. The van der Waals surface area contributed by atoms with Gasteiger partial charge in [0.25, 0.3) is 0 Å². The third-order valence-electron chi connectivity index (χ3n) is 4.96. The summed E-state index contributed by atoms with van der Waals surface area (Å²) in [7, 11) is 4.34. The first-order valence-corrected chi connectivity index (χ1v) is 7.70. The summed E-state index contributed by atoms with van der Waals surface area (Å²) in [4.78, 5) is 10.2. The Morgan fingerprint density at radius 1 is 1.43 bits per heavy atom. The predicted molar refractivity (Wildman–Crippen MR) is 82.2 cm³/mol. The first-order chi connectivity index (χ1) is 10.2. The molecule has 3 aromatic rings. The van der Waals surface area contributed by atoms with Crippen LogP contribution in [0.4, 0.5) is 0 Å². The molecule has 1 aliphatic heterocycles. The molecule has 1 N–H and O–H groups in total. The van der Waals surface area contributed by atoms with Crippen molar-refractivity contribution in [3.63, 3.8) is 0 Å². The molecule has 0 aliphatic carbocycles. The van der Waals surface area contributed by atoms with Crippen molar-refractivity contribution in [3.05, 3.63) is 30.4 Å². The lowest BCUT2D eigenvalue weighted by atomic mass is 9.91. The molecule has 5 nitrogen and oxygen atoms in total. The highest BCUT2D eigenvalue weighted by molar-refractivity contribution is 5.74. The third kappa shape index (κ3) is 1.80. The molecule has 21 heavy (non-hydrogen) atoms. The molecule has 1 aliphatic rings. The minimum Gasteiger partial charge on any atom is -0.343 e. The second kappa shape index (κ2) is 4.56. The van der Waals surface area contributed by atoms with Crippen LogP contribution in [-0.2, 0) is 7.05 Å². The van der Waals surface area contributed by atoms with Crippen LogP contribution in [0.5, 0.6) is 0 Å². The fourth-order valence-electron chi connectivity index (χ4n) is 3.88. The normalized spacial score (nSPS) is 23.6. The molecule has 0 spiro atoms. The molecule has 5 heteroatoms. The number of aryl methyl sites for hydroxylation is 1. The maximum atomic E-state index is 4.52.